The van der Waals surface area contributed by atoms with Gasteiger partial charge >= 0.3 is 0 Å². The van der Waals surface area contributed by atoms with Gasteiger partial charge in [-0.05, 0) is 56.2 Å². The van der Waals surface area contributed by atoms with Crippen molar-refractivity contribution < 1.29 is 9.18 Å². The Labute approximate surface area is 201 Å². The van der Waals surface area contributed by atoms with Crippen molar-refractivity contribution in [2.24, 2.45) is 0 Å². The lowest BCUT2D eigenvalue weighted by Crippen LogP contribution is -2.19. The van der Waals surface area contributed by atoms with E-state index in [0.29, 0.717) is 23.1 Å². The molecule has 7 nitrogen and oxygen atoms in total. The predicted octanol–water partition coefficient (Wildman–Crippen LogP) is 4.78. The van der Waals surface area contributed by atoms with Gasteiger partial charge in [0.05, 0.1) is 11.3 Å². The molecule has 0 fully saturated rings. The van der Waals surface area contributed by atoms with E-state index in [1.165, 1.54) is 23.9 Å². The number of anilines is 1. The molecule has 2 aromatic carbocycles. The van der Waals surface area contributed by atoms with E-state index < -0.39 is 0 Å². The Hall–Kier alpha value is -3.90. The Kier molecular flexibility index (Phi) is 6.80. The third-order valence-electron chi connectivity index (χ3n) is 5.59. The Morgan fingerprint density at radius 2 is 1.79 bits per heavy atom. The first-order valence-corrected chi connectivity index (χ1v) is 11.6. The van der Waals surface area contributed by atoms with Crippen LogP contribution in [0.25, 0.3) is 5.69 Å². The average Bonchev–Trinajstić information content (AvgIpc) is 3.31. The molecule has 172 valence electrons. The molecule has 2 heterocycles. The van der Waals surface area contributed by atoms with E-state index in [1.807, 2.05) is 60.2 Å². The quantitative estimate of drug-likeness (QED) is 0.389. The number of benzene rings is 2. The van der Waals surface area contributed by atoms with E-state index in [4.69, 9.17) is 0 Å². The molecule has 0 spiro atoms. The first-order chi connectivity index (χ1) is 16.4. The summed E-state index contributed by atoms with van der Waals surface area (Å²) in [6, 6.07) is 18.1. The van der Waals surface area contributed by atoms with Crippen LogP contribution in [0.3, 0.4) is 0 Å². The fourth-order valence-electron chi connectivity index (χ4n) is 3.71. The number of halogens is 1. The lowest BCUT2D eigenvalue weighted by atomic mass is 10.2. The van der Waals surface area contributed by atoms with Crippen LogP contribution in [0.4, 0.5) is 10.2 Å². The standard InChI is InChI=1S/C25H23FN6OS/c1-16-17(2)31(14-19-9-11-20(26)12-10-19)24(22(16)13-27)28-23(33)15-34-25-30-29-18(3)32(25)21-7-5-4-6-8-21/h4-12H,14-15H2,1-3H3,(H,28,33). The fraction of sp³-hybridized carbons (Fsp3) is 0.200. The number of hydrogen-bond acceptors (Lipinski definition) is 5. The van der Waals surface area contributed by atoms with Gasteiger partial charge in [-0.25, -0.2) is 4.39 Å². The maximum Gasteiger partial charge on any atom is 0.235 e. The predicted molar refractivity (Wildman–Crippen MR) is 130 cm³/mol. The van der Waals surface area contributed by atoms with Crippen molar-refractivity contribution in [2.45, 2.75) is 32.5 Å². The number of rotatable bonds is 7. The third-order valence-corrected chi connectivity index (χ3v) is 6.52. The molecule has 34 heavy (non-hydrogen) atoms. The van der Waals surface area contributed by atoms with Gasteiger partial charge < -0.3 is 9.88 Å². The van der Waals surface area contributed by atoms with Crippen LogP contribution in [-0.4, -0.2) is 31.0 Å². The summed E-state index contributed by atoms with van der Waals surface area (Å²) >= 11 is 1.27. The molecular formula is C25H23FN6OS. The van der Waals surface area contributed by atoms with Gasteiger partial charge in [-0.2, -0.15) is 5.26 Å². The summed E-state index contributed by atoms with van der Waals surface area (Å²) in [5, 5.41) is 21.6. The summed E-state index contributed by atoms with van der Waals surface area (Å²) in [7, 11) is 0. The maximum absolute atomic E-state index is 13.3. The number of thioether (sulfide) groups is 1. The fourth-order valence-corrected chi connectivity index (χ4v) is 4.51. The largest absolute Gasteiger partial charge is 0.326 e. The lowest BCUT2D eigenvalue weighted by molar-refractivity contribution is -0.113. The average molecular weight is 475 g/mol. The zero-order valence-corrected chi connectivity index (χ0v) is 19.9. The summed E-state index contributed by atoms with van der Waals surface area (Å²) < 4.78 is 17.1. The molecule has 0 aliphatic carbocycles. The molecule has 2 aromatic heterocycles. The van der Waals surface area contributed by atoms with E-state index in [0.717, 1.165) is 28.3 Å². The maximum atomic E-state index is 13.3. The first kappa shape index (κ1) is 23.3. The van der Waals surface area contributed by atoms with Gasteiger partial charge in [0.25, 0.3) is 0 Å². The number of nitrogens with zero attached hydrogens (tertiary/aromatic N) is 5. The zero-order chi connectivity index (χ0) is 24.2. The van der Waals surface area contributed by atoms with Crippen LogP contribution in [0.5, 0.6) is 0 Å². The molecule has 0 aliphatic heterocycles. The number of nitriles is 1. The minimum Gasteiger partial charge on any atom is -0.326 e. The second-order valence-corrected chi connectivity index (χ2v) is 8.74. The summed E-state index contributed by atoms with van der Waals surface area (Å²) in [6.45, 7) is 6.01. The molecule has 0 saturated heterocycles. The summed E-state index contributed by atoms with van der Waals surface area (Å²) in [4.78, 5) is 12.9. The van der Waals surface area contributed by atoms with E-state index in [9.17, 15) is 14.4 Å². The zero-order valence-electron chi connectivity index (χ0n) is 19.0. The van der Waals surface area contributed by atoms with Crippen LogP contribution in [0.1, 0.15) is 28.2 Å². The van der Waals surface area contributed by atoms with Crippen LogP contribution in [0, 0.1) is 37.9 Å². The monoisotopic (exact) mass is 474 g/mol. The minimum atomic E-state index is -0.314. The van der Waals surface area contributed by atoms with Gasteiger partial charge in [0, 0.05) is 17.9 Å². The van der Waals surface area contributed by atoms with Crippen LogP contribution in [-0.2, 0) is 11.3 Å². The van der Waals surface area contributed by atoms with Crippen molar-refractivity contribution in [1.82, 2.24) is 19.3 Å². The topological polar surface area (TPSA) is 88.5 Å². The van der Waals surface area contributed by atoms with Crippen molar-refractivity contribution >= 4 is 23.5 Å². The molecule has 1 amide bonds. The Morgan fingerprint density at radius 1 is 1.09 bits per heavy atom. The van der Waals surface area contributed by atoms with E-state index in [2.05, 4.69) is 21.6 Å². The highest BCUT2D eigenvalue weighted by atomic mass is 32.2. The number of amides is 1. The van der Waals surface area contributed by atoms with Crippen LogP contribution >= 0.6 is 11.8 Å². The second kappa shape index (κ2) is 9.93. The van der Waals surface area contributed by atoms with Crippen LogP contribution in [0.15, 0.2) is 59.8 Å². The van der Waals surface area contributed by atoms with Crippen molar-refractivity contribution in [2.75, 3.05) is 11.1 Å². The van der Waals surface area contributed by atoms with Gasteiger partial charge in [0.15, 0.2) is 5.16 Å². The number of aryl methyl sites for hydroxylation is 1. The van der Waals surface area contributed by atoms with E-state index in [1.54, 1.807) is 12.1 Å². The molecule has 1 N–H and O–H groups in total. The van der Waals surface area contributed by atoms with E-state index >= 15 is 0 Å². The van der Waals surface area contributed by atoms with Crippen LogP contribution in [0.2, 0.25) is 0 Å². The van der Waals surface area contributed by atoms with Gasteiger partial charge in [0.1, 0.15) is 23.5 Å². The van der Waals surface area contributed by atoms with E-state index in [-0.39, 0.29) is 17.5 Å². The molecule has 9 heteroatoms. The molecule has 0 radical (unpaired) electrons. The van der Waals surface area contributed by atoms with Gasteiger partial charge in [-0.3, -0.25) is 9.36 Å². The molecular weight excluding hydrogens is 451 g/mol. The van der Waals surface area contributed by atoms with Crippen molar-refractivity contribution in [3.63, 3.8) is 0 Å². The highest BCUT2D eigenvalue weighted by Crippen LogP contribution is 2.28. The lowest BCUT2D eigenvalue weighted by Gasteiger charge is -2.13. The highest BCUT2D eigenvalue weighted by molar-refractivity contribution is 7.99. The highest BCUT2D eigenvalue weighted by Gasteiger charge is 2.21. The molecule has 4 aromatic rings. The first-order valence-electron chi connectivity index (χ1n) is 10.6. The number of hydrogen-bond donors (Lipinski definition) is 1. The number of carbonyl (C=O) groups is 1. The third kappa shape index (κ3) is 4.72. The number of para-hydroxylation sites is 1. The Bertz CT molecular complexity index is 1370. The molecule has 0 unspecified atom stereocenters. The molecule has 4 rings (SSSR count). The normalized spacial score (nSPS) is 10.8. The summed E-state index contributed by atoms with van der Waals surface area (Å²) in [5.74, 6) is 0.675. The Morgan fingerprint density at radius 3 is 2.47 bits per heavy atom. The molecule has 0 aliphatic rings. The SMILES string of the molecule is Cc1c(C#N)c(NC(=O)CSc2nnc(C)n2-c2ccccc2)n(Cc2ccc(F)cc2)c1C. The van der Waals surface area contributed by atoms with Crippen molar-refractivity contribution in [1.29, 1.82) is 5.26 Å². The Balaban J connectivity index is 1.54. The van der Waals surface area contributed by atoms with Gasteiger partial charge in [-0.15, -0.1) is 10.2 Å². The molecule has 0 atom stereocenters. The summed E-state index contributed by atoms with van der Waals surface area (Å²) in [5.41, 5.74) is 3.86. The summed E-state index contributed by atoms with van der Waals surface area (Å²) in [6.07, 6.45) is 0. The van der Waals surface area contributed by atoms with Gasteiger partial charge in [0.2, 0.25) is 5.91 Å². The van der Waals surface area contributed by atoms with Crippen molar-refractivity contribution in [3.05, 3.63) is 88.6 Å². The van der Waals surface area contributed by atoms with Crippen LogP contribution < -0.4 is 5.32 Å². The second-order valence-electron chi connectivity index (χ2n) is 7.80. The smallest absolute Gasteiger partial charge is 0.235 e. The molecule has 0 saturated carbocycles. The number of aromatic nitrogens is 4. The molecule has 0 bridgehead atoms. The van der Waals surface area contributed by atoms with Crippen molar-refractivity contribution in [3.8, 4) is 11.8 Å². The minimum absolute atomic E-state index is 0.0929. The number of carbonyl (C=O) groups excluding carboxylic acids is 1. The number of nitrogens with one attached hydrogen (secondary N) is 1. The van der Waals surface area contributed by atoms with Gasteiger partial charge in [-0.1, -0.05) is 42.1 Å².